The molecule has 1 saturated heterocycles. The van der Waals surface area contributed by atoms with Gasteiger partial charge in [0.1, 0.15) is 0 Å². The minimum atomic E-state index is -0.418. The SMILES string of the molecule is OC1(CN2CCN(c3cccc(Cl)c3)CC2)CCCC1. The van der Waals surface area contributed by atoms with Crippen molar-refractivity contribution in [2.45, 2.75) is 31.3 Å². The lowest BCUT2D eigenvalue weighted by Crippen LogP contribution is -2.51. The average molecular weight is 295 g/mol. The minimum absolute atomic E-state index is 0.418. The number of hydrogen-bond donors (Lipinski definition) is 1. The van der Waals surface area contributed by atoms with E-state index in [1.807, 2.05) is 18.2 Å². The summed E-state index contributed by atoms with van der Waals surface area (Å²) in [5, 5.41) is 11.3. The molecule has 0 unspecified atom stereocenters. The molecule has 4 heteroatoms. The summed E-state index contributed by atoms with van der Waals surface area (Å²) in [7, 11) is 0. The lowest BCUT2D eigenvalue weighted by molar-refractivity contribution is 0.00803. The van der Waals surface area contributed by atoms with Crippen LogP contribution in [0.3, 0.4) is 0 Å². The Kier molecular flexibility index (Phi) is 4.20. The number of halogens is 1. The van der Waals surface area contributed by atoms with Gasteiger partial charge < -0.3 is 10.0 Å². The van der Waals surface area contributed by atoms with Crippen molar-refractivity contribution in [2.24, 2.45) is 0 Å². The molecule has 1 N–H and O–H groups in total. The van der Waals surface area contributed by atoms with Gasteiger partial charge in [-0.05, 0) is 31.0 Å². The molecule has 2 fully saturated rings. The van der Waals surface area contributed by atoms with Crippen molar-refractivity contribution in [3.05, 3.63) is 29.3 Å². The number of piperazine rings is 1. The van der Waals surface area contributed by atoms with Gasteiger partial charge in [-0.25, -0.2) is 0 Å². The zero-order chi connectivity index (χ0) is 14.0. The van der Waals surface area contributed by atoms with Crippen LogP contribution in [0.1, 0.15) is 25.7 Å². The molecule has 2 aliphatic rings. The van der Waals surface area contributed by atoms with Crippen LogP contribution in [0.5, 0.6) is 0 Å². The van der Waals surface area contributed by atoms with Crippen LogP contribution in [0.25, 0.3) is 0 Å². The number of β-amino-alcohol motifs (C(OH)–C–C–N with tert-alkyl or cyclic N) is 1. The Morgan fingerprint density at radius 1 is 1.10 bits per heavy atom. The molecular formula is C16H23ClN2O. The van der Waals surface area contributed by atoms with Gasteiger partial charge in [0.15, 0.2) is 0 Å². The Hall–Kier alpha value is -0.770. The summed E-state index contributed by atoms with van der Waals surface area (Å²) in [6.07, 6.45) is 4.31. The molecule has 1 aromatic rings. The predicted octanol–water partition coefficient (Wildman–Crippen LogP) is 2.77. The molecule has 0 radical (unpaired) electrons. The van der Waals surface area contributed by atoms with Crippen molar-refractivity contribution in [3.8, 4) is 0 Å². The quantitative estimate of drug-likeness (QED) is 0.929. The Morgan fingerprint density at radius 3 is 2.45 bits per heavy atom. The van der Waals surface area contributed by atoms with Gasteiger partial charge in [0.25, 0.3) is 0 Å². The fourth-order valence-electron chi connectivity index (χ4n) is 3.44. The molecule has 3 nitrogen and oxygen atoms in total. The zero-order valence-corrected chi connectivity index (χ0v) is 12.6. The van der Waals surface area contributed by atoms with E-state index < -0.39 is 5.60 Å². The smallest absolute Gasteiger partial charge is 0.0774 e. The molecule has 20 heavy (non-hydrogen) atoms. The minimum Gasteiger partial charge on any atom is -0.389 e. The summed E-state index contributed by atoms with van der Waals surface area (Å²) in [6.45, 7) is 4.91. The largest absolute Gasteiger partial charge is 0.389 e. The monoisotopic (exact) mass is 294 g/mol. The van der Waals surface area contributed by atoms with Gasteiger partial charge >= 0.3 is 0 Å². The Labute approximate surface area is 126 Å². The van der Waals surface area contributed by atoms with Gasteiger partial charge in [-0.15, -0.1) is 0 Å². The van der Waals surface area contributed by atoms with Crippen molar-refractivity contribution in [2.75, 3.05) is 37.6 Å². The molecule has 1 aliphatic heterocycles. The van der Waals surface area contributed by atoms with Gasteiger partial charge in [-0.3, -0.25) is 4.90 Å². The van der Waals surface area contributed by atoms with E-state index in [4.69, 9.17) is 11.6 Å². The van der Waals surface area contributed by atoms with Crippen molar-refractivity contribution >= 4 is 17.3 Å². The molecule has 1 aromatic carbocycles. The third kappa shape index (κ3) is 3.27. The fourth-order valence-corrected chi connectivity index (χ4v) is 3.63. The third-order valence-corrected chi connectivity index (χ3v) is 4.83. The molecule has 1 heterocycles. The van der Waals surface area contributed by atoms with Gasteiger partial charge in [-0.1, -0.05) is 30.5 Å². The highest BCUT2D eigenvalue weighted by atomic mass is 35.5. The predicted molar refractivity (Wildman–Crippen MR) is 83.5 cm³/mol. The van der Waals surface area contributed by atoms with Crippen LogP contribution in [0, 0.1) is 0 Å². The summed E-state index contributed by atoms with van der Waals surface area (Å²) in [4.78, 5) is 4.79. The average Bonchev–Trinajstić information content (AvgIpc) is 2.86. The summed E-state index contributed by atoms with van der Waals surface area (Å²) in [5.41, 5.74) is 0.787. The van der Waals surface area contributed by atoms with Crippen molar-refractivity contribution in [3.63, 3.8) is 0 Å². The Bertz CT molecular complexity index is 452. The van der Waals surface area contributed by atoms with E-state index in [1.54, 1.807) is 0 Å². The van der Waals surface area contributed by atoms with E-state index >= 15 is 0 Å². The second-order valence-corrected chi connectivity index (χ2v) is 6.61. The summed E-state index contributed by atoms with van der Waals surface area (Å²) < 4.78 is 0. The first-order valence-corrected chi connectivity index (χ1v) is 7.98. The lowest BCUT2D eigenvalue weighted by atomic mass is 10.0. The number of nitrogens with zero attached hydrogens (tertiary/aromatic N) is 2. The molecule has 0 spiro atoms. The maximum Gasteiger partial charge on any atom is 0.0774 e. The van der Waals surface area contributed by atoms with E-state index in [9.17, 15) is 5.11 Å². The lowest BCUT2D eigenvalue weighted by Gasteiger charge is -2.39. The van der Waals surface area contributed by atoms with Crippen LogP contribution >= 0.6 is 11.6 Å². The third-order valence-electron chi connectivity index (χ3n) is 4.60. The van der Waals surface area contributed by atoms with E-state index in [0.717, 1.165) is 50.6 Å². The highest BCUT2D eigenvalue weighted by molar-refractivity contribution is 6.30. The molecule has 110 valence electrons. The molecule has 3 rings (SSSR count). The normalized spacial score (nSPS) is 23.2. The van der Waals surface area contributed by atoms with Crippen LogP contribution in [-0.4, -0.2) is 48.3 Å². The molecule has 0 bridgehead atoms. The topological polar surface area (TPSA) is 26.7 Å². The highest BCUT2D eigenvalue weighted by Gasteiger charge is 2.33. The zero-order valence-electron chi connectivity index (χ0n) is 11.9. The number of anilines is 1. The second-order valence-electron chi connectivity index (χ2n) is 6.17. The van der Waals surface area contributed by atoms with E-state index in [-0.39, 0.29) is 0 Å². The van der Waals surface area contributed by atoms with Crippen LogP contribution < -0.4 is 4.90 Å². The molecule has 0 amide bonds. The number of rotatable bonds is 3. The first-order chi connectivity index (χ1) is 9.65. The molecule has 1 saturated carbocycles. The van der Waals surface area contributed by atoms with Crippen LogP contribution in [-0.2, 0) is 0 Å². The maximum atomic E-state index is 10.5. The standard InChI is InChI=1S/C16H23ClN2O/c17-14-4-3-5-15(12-14)19-10-8-18(9-11-19)13-16(20)6-1-2-7-16/h3-5,12,20H,1-2,6-11,13H2. The highest BCUT2D eigenvalue weighted by Crippen LogP contribution is 2.30. The van der Waals surface area contributed by atoms with Crippen LogP contribution in [0.4, 0.5) is 5.69 Å². The van der Waals surface area contributed by atoms with Crippen molar-refractivity contribution in [1.82, 2.24) is 4.90 Å². The van der Waals surface area contributed by atoms with E-state index in [0.29, 0.717) is 0 Å². The van der Waals surface area contributed by atoms with Crippen LogP contribution in [0.15, 0.2) is 24.3 Å². The first kappa shape index (κ1) is 14.2. The summed E-state index contributed by atoms with van der Waals surface area (Å²) >= 11 is 6.05. The maximum absolute atomic E-state index is 10.5. The van der Waals surface area contributed by atoms with Gasteiger partial charge in [0, 0.05) is 43.4 Å². The fraction of sp³-hybridized carbons (Fsp3) is 0.625. The second kappa shape index (κ2) is 5.92. The van der Waals surface area contributed by atoms with Gasteiger partial charge in [-0.2, -0.15) is 0 Å². The van der Waals surface area contributed by atoms with Gasteiger partial charge in [0.2, 0.25) is 0 Å². The number of hydrogen-bond acceptors (Lipinski definition) is 3. The van der Waals surface area contributed by atoms with Gasteiger partial charge in [0.05, 0.1) is 5.60 Å². The van der Waals surface area contributed by atoms with Crippen molar-refractivity contribution in [1.29, 1.82) is 0 Å². The Morgan fingerprint density at radius 2 is 1.80 bits per heavy atom. The molecular weight excluding hydrogens is 272 g/mol. The molecule has 0 atom stereocenters. The van der Waals surface area contributed by atoms with E-state index in [2.05, 4.69) is 15.9 Å². The molecule has 0 aromatic heterocycles. The Balaban J connectivity index is 1.54. The van der Waals surface area contributed by atoms with Crippen LogP contribution in [0.2, 0.25) is 5.02 Å². The van der Waals surface area contributed by atoms with Crippen molar-refractivity contribution < 1.29 is 5.11 Å². The summed E-state index contributed by atoms with van der Waals surface area (Å²) in [6, 6.07) is 8.07. The number of aliphatic hydroxyl groups is 1. The summed E-state index contributed by atoms with van der Waals surface area (Å²) in [5.74, 6) is 0. The molecule has 1 aliphatic carbocycles. The number of benzene rings is 1. The van der Waals surface area contributed by atoms with E-state index in [1.165, 1.54) is 18.5 Å². The first-order valence-electron chi connectivity index (χ1n) is 7.60.